The van der Waals surface area contributed by atoms with Gasteiger partial charge in [0, 0.05) is 13.1 Å². The van der Waals surface area contributed by atoms with Crippen molar-refractivity contribution in [3.8, 4) is 0 Å². The highest BCUT2D eigenvalue weighted by Crippen LogP contribution is 2.35. The number of hydrogen-bond acceptors (Lipinski definition) is 6. The molecule has 0 radical (unpaired) electrons. The first-order valence-corrected chi connectivity index (χ1v) is 14.5. The van der Waals surface area contributed by atoms with Gasteiger partial charge in [0.1, 0.15) is 0 Å². The van der Waals surface area contributed by atoms with E-state index in [2.05, 4.69) is 0 Å². The molecule has 2 aromatic rings. The molecule has 2 aromatic carbocycles. The van der Waals surface area contributed by atoms with Crippen LogP contribution in [0.4, 0.5) is 0 Å². The molecule has 0 atom stereocenters. The van der Waals surface area contributed by atoms with E-state index in [-0.39, 0.29) is 47.4 Å². The molecule has 8 heteroatoms. The molecule has 4 amide bonds. The zero-order chi connectivity index (χ0) is 27.8. The molecule has 0 N–H and O–H groups in total. The number of fused-ring (bicyclic) bond motifs is 2. The third kappa shape index (κ3) is 4.95. The first kappa shape index (κ1) is 26.4. The Balaban J connectivity index is 0.907. The molecule has 8 nitrogen and oxygen atoms in total. The van der Waals surface area contributed by atoms with Crippen molar-refractivity contribution in [2.75, 3.05) is 19.7 Å². The second-order valence-corrected chi connectivity index (χ2v) is 11.8. The number of carbonyl (C=O) groups excluding carboxylic acids is 5. The Morgan fingerprint density at radius 1 is 0.575 bits per heavy atom. The summed E-state index contributed by atoms with van der Waals surface area (Å²) in [5.41, 5.74) is 1.93. The maximum Gasteiger partial charge on any atom is 0.308 e. The molecule has 2 fully saturated rings. The van der Waals surface area contributed by atoms with Crippen LogP contribution >= 0.6 is 0 Å². The third-order valence-electron chi connectivity index (χ3n) is 9.25. The van der Waals surface area contributed by atoms with Crippen molar-refractivity contribution >= 4 is 29.6 Å². The molecule has 208 valence electrons. The van der Waals surface area contributed by atoms with Gasteiger partial charge < -0.3 is 4.74 Å². The van der Waals surface area contributed by atoms with E-state index in [9.17, 15) is 24.0 Å². The van der Waals surface area contributed by atoms with Crippen LogP contribution in [0.15, 0.2) is 48.5 Å². The van der Waals surface area contributed by atoms with E-state index in [1.54, 1.807) is 48.5 Å². The molecule has 2 saturated carbocycles. The Kier molecular flexibility index (Phi) is 7.26. The summed E-state index contributed by atoms with van der Waals surface area (Å²) in [7, 11) is 0. The fraction of sp³-hybridized carbons (Fsp3) is 0.469. The number of imide groups is 2. The van der Waals surface area contributed by atoms with Gasteiger partial charge in [-0.15, -0.1) is 0 Å². The molecule has 0 unspecified atom stereocenters. The van der Waals surface area contributed by atoms with Crippen molar-refractivity contribution in [3.63, 3.8) is 0 Å². The van der Waals surface area contributed by atoms with Crippen molar-refractivity contribution in [1.29, 1.82) is 0 Å². The van der Waals surface area contributed by atoms with Crippen LogP contribution in [0.2, 0.25) is 0 Å². The van der Waals surface area contributed by atoms with E-state index in [1.807, 2.05) is 0 Å². The number of rotatable bonds is 7. The molecule has 0 bridgehead atoms. The van der Waals surface area contributed by atoms with Crippen molar-refractivity contribution < 1.29 is 28.7 Å². The Hall–Kier alpha value is -3.81. The van der Waals surface area contributed by atoms with Crippen LogP contribution in [-0.2, 0) is 9.53 Å². The Morgan fingerprint density at radius 2 is 0.925 bits per heavy atom. The van der Waals surface area contributed by atoms with Gasteiger partial charge in [-0.2, -0.15) is 0 Å². The summed E-state index contributed by atoms with van der Waals surface area (Å²) in [5, 5.41) is 0. The predicted octanol–water partition coefficient (Wildman–Crippen LogP) is 4.73. The van der Waals surface area contributed by atoms with Crippen LogP contribution in [0, 0.1) is 23.7 Å². The molecule has 0 aromatic heterocycles. The lowest BCUT2D eigenvalue weighted by atomic mass is 9.81. The number of benzene rings is 2. The summed E-state index contributed by atoms with van der Waals surface area (Å²) in [5.74, 6) is -0.356. The number of ether oxygens (including phenoxy) is 1. The van der Waals surface area contributed by atoms with Gasteiger partial charge in [-0.25, -0.2) is 0 Å². The van der Waals surface area contributed by atoms with Gasteiger partial charge in [0.2, 0.25) is 0 Å². The van der Waals surface area contributed by atoms with Crippen LogP contribution in [0.5, 0.6) is 0 Å². The van der Waals surface area contributed by atoms with E-state index in [0.29, 0.717) is 60.7 Å². The highest BCUT2D eigenvalue weighted by molar-refractivity contribution is 6.22. The SMILES string of the molecule is O=C(OCC1CCC(CN2C(=O)c3ccccc3C2=O)CC1)C1CCC(CN2C(=O)c3ccccc3C2=O)CC1. The van der Waals surface area contributed by atoms with E-state index in [4.69, 9.17) is 4.74 Å². The van der Waals surface area contributed by atoms with Gasteiger partial charge in [0.15, 0.2) is 0 Å². The second-order valence-electron chi connectivity index (χ2n) is 11.8. The maximum absolute atomic E-state index is 12.8. The van der Waals surface area contributed by atoms with E-state index in [0.717, 1.165) is 38.5 Å². The van der Waals surface area contributed by atoms with Crippen molar-refractivity contribution in [3.05, 3.63) is 70.8 Å². The third-order valence-corrected chi connectivity index (χ3v) is 9.25. The number of hydrogen-bond donors (Lipinski definition) is 0. The van der Waals surface area contributed by atoms with Crippen molar-refractivity contribution in [2.24, 2.45) is 23.7 Å². The van der Waals surface area contributed by atoms with Crippen molar-refractivity contribution in [2.45, 2.75) is 51.4 Å². The summed E-state index contributed by atoms with van der Waals surface area (Å²) in [6, 6.07) is 13.9. The molecule has 2 aliphatic heterocycles. The van der Waals surface area contributed by atoms with E-state index >= 15 is 0 Å². The van der Waals surface area contributed by atoms with E-state index in [1.165, 1.54) is 9.80 Å². The number of esters is 1. The highest BCUT2D eigenvalue weighted by atomic mass is 16.5. The average molecular weight is 543 g/mol. The Morgan fingerprint density at radius 3 is 1.32 bits per heavy atom. The number of amides is 4. The van der Waals surface area contributed by atoms with Gasteiger partial charge >= 0.3 is 5.97 Å². The minimum Gasteiger partial charge on any atom is -0.465 e. The zero-order valence-corrected chi connectivity index (χ0v) is 22.6. The summed E-state index contributed by atoms with van der Waals surface area (Å²) in [6.07, 6.45) is 6.62. The fourth-order valence-electron chi connectivity index (χ4n) is 6.81. The zero-order valence-electron chi connectivity index (χ0n) is 22.6. The lowest BCUT2D eigenvalue weighted by Crippen LogP contribution is -2.37. The van der Waals surface area contributed by atoms with E-state index < -0.39 is 0 Å². The van der Waals surface area contributed by atoms with Crippen LogP contribution in [0.3, 0.4) is 0 Å². The fourth-order valence-corrected chi connectivity index (χ4v) is 6.81. The molecular weight excluding hydrogens is 508 g/mol. The van der Waals surface area contributed by atoms with Crippen molar-refractivity contribution in [1.82, 2.24) is 9.80 Å². The highest BCUT2D eigenvalue weighted by Gasteiger charge is 2.39. The molecule has 40 heavy (non-hydrogen) atoms. The number of nitrogens with zero attached hydrogens (tertiary/aromatic N) is 2. The standard InChI is InChI=1S/C32H34N2O6/c35-28-24-5-1-2-6-25(24)29(36)33(28)17-20-9-11-22(12-10-20)19-40-32(39)23-15-13-21(14-16-23)18-34-30(37)26-7-3-4-8-27(26)31(34)38/h1-8,20-23H,9-19H2. The van der Waals surface area contributed by atoms with Gasteiger partial charge in [0.05, 0.1) is 34.8 Å². The lowest BCUT2D eigenvalue weighted by molar-refractivity contribution is -0.151. The average Bonchev–Trinajstić information content (AvgIpc) is 3.37. The Labute approximate surface area is 233 Å². The molecule has 4 aliphatic rings. The summed E-state index contributed by atoms with van der Waals surface area (Å²) < 4.78 is 5.73. The minimum atomic E-state index is -0.222. The topological polar surface area (TPSA) is 101 Å². The molecule has 6 rings (SSSR count). The largest absolute Gasteiger partial charge is 0.465 e. The van der Waals surface area contributed by atoms with Gasteiger partial charge in [-0.3, -0.25) is 33.8 Å². The van der Waals surface area contributed by atoms with Gasteiger partial charge in [-0.1, -0.05) is 24.3 Å². The normalized spacial score (nSPS) is 26.2. The molecule has 0 saturated heterocycles. The Bertz CT molecular complexity index is 1280. The molecule has 2 aliphatic carbocycles. The summed E-state index contributed by atoms with van der Waals surface area (Å²) in [4.78, 5) is 66.2. The monoisotopic (exact) mass is 542 g/mol. The first-order chi connectivity index (χ1) is 19.4. The van der Waals surface area contributed by atoms with Gasteiger partial charge in [0.25, 0.3) is 23.6 Å². The van der Waals surface area contributed by atoms with Crippen LogP contribution in [-0.4, -0.2) is 59.1 Å². The first-order valence-electron chi connectivity index (χ1n) is 14.5. The quantitative estimate of drug-likeness (QED) is 0.370. The van der Waals surface area contributed by atoms with Gasteiger partial charge in [-0.05, 0) is 93.4 Å². The second kappa shape index (κ2) is 11.0. The summed E-state index contributed by atoms with van der Waals surface area (Å²) >= 11 is 0. The molecular formula is C32H34N2O6. The summed E-state index contributed by atoms with van der Waals surface area (Å²) in [6.45, 7) is 1.26. The van der Waals surface area contributed by atoms with Crippen LogP contribution in [0.1, 0.15) is 92.8 Å². The maximum atomic E-state index is 12.8. The molecule has 2 heterocycles. The number of carbonyl (C=O) groups is 5. The molecule has 0 spiro atoms. The predicted molar refractivity (Wildman–Crippen MR) is 145 cm³/mol. The smallest absolute Gasteiger partial charge is 0.308 e. The minimum absolute atomic E-state index is 0.136. The lowest BCUT2D eigenvalue weighted by Gasteiger charge is -2.32. The van der Waals surface area contributed by atoms with Crippen LogP contribution in [0.25, 0.3) is 0 Å². The van der Waals surface area contributed by atoms with Crippen LogP contribution < -0.4 is 0 Å².